The van der Waals surface area contributed by atoms with Crippen LogP contribution in [0.4, 0.5) is 0 Å². The first-order chi connectivity index (χ1) is 24.4. The van der Waals surface area contributed by atoms with E-state index in [2.05, 4.69) is 103 Å². The molecule has 45 heavy (non-hydrogen) atoms. The predicted molar refractivity (Wildman–Crippen MR) is 190 cm³/mol. The fourth-order valence-electron chi connectivity index (χ4n) is 6.86. The molecule has 9 aromatic rings. The molecule has 0 radical (unpaired) electrons. The van der Waals surface area contributed by atoms with E-state index in [1.165, 1.54) is 5.56 Å². The lowest BCUT2D eigenvalue weighted by molar-refractivity contribution is 0.669. The maximum absolute atomic E-state index is 8.81. The van der Waals surface area contributed by atoms with Crippen LogP contribution in [0, 0.1) is 0 Å². The minimum absolute atomic E-state index is 0.156. The van der Waals surface area contributed by atoms with Gasteiger partial charge in [-0.25, -0.2) is 0 Å². The monoisotopic (exact) mass is 577 g/mol. The van der Waals surface area contributed by atoms with E-state index in [0.29, 0.717) is 22.1 Å². The van der Waals surface area contributed by atoms with Gasteiger partial charge in [0.1, 0.15) is 11.2 Å². The van der Waals surface area contributed by atoms with Gasteiger partial charge in [-0.1, -0.05) is 158 Å². The molecule has 8 aromatic carbocycles. The molecule has 0 spiro atoms. The van der Waals surface area contributed by atoms with Crippen LogP contribution < -0.4 is 0 Å². The van der Waals surface area contributed by atoms with Gasteiger partial charge in [-0.05, 0) is 78.2 Å². The lowest BCUT2D eigenvalue weighted by Gasteiger charge is -2.18. The highest BCUT2D eigenvalue weighted by Gasteiger charge is 2.21. The largest absolute Gasteiger partial charge is 0.456 e. The summed E-state index contributed by atoms with van der Waals surface area (Å²) < 4.78 is 49.0. The molecule has 0 atom stereocenters. The summed E-state index contributed by atoms with van der Waals surface area (Å²) in [7, 11) is 0. The fraction of sp³-hybridized carbons (Fsp3) is 0. The Morgan fingerprint density at radius 1 is 0.356 bits per heavy atom. The van der Waals surface area contributed by atoms with Gasteiger partial charge in [-0.2, -0.15) is 0 Å². The summed E-state index contributed by atoms with van der Waals surface area (Å²) in [6.07, 6.45) is 0. The van der Waals surface area contributed by atoms with Gasteiger partial charge >= 0.3 is 0 Å². The van der Waals surface area contributed by atoms with E-state index in [-0.39, 0.29) is 29.7 Å². The Kier molecular flexibility index (Phi) is 4.81. The third-order valence-corrected chi connectivity index (χ3v) is 8.77. The van der Waals surface area contributed by atoms with E-state index in [1.807, 2.05) is 36.4 Å². The highest BCUT2D eigenvalue weighted by molar-refractivity contribution is 6.26. The van der Waals surface area contributed by atoms with Crippen LogP contribution in [-0.4, -0.2) is 0 Å². The first-order valence-electron chi connectivity index (χ1n) is 17.5. The normalized spacial score (nSPS) is 13.1. The smallest absolute Gasteiger partial charge is 0.136 e. The van der Waals surface area contributed by atoms with E-state index >= 15 is 0 Å². The van der Waals surface area contributed by atoms with Crippen molar-refractivity contribution in [2.45, 2.75) is 0 Å². The number of rotatable bonds is 4. The van der Waals surface area contributed by atoms with Gasteiger partial charge in [-0.3, -0.25) is 0 Å². The molecule has 1 heterocycles. The second-order valence-electron chi connectivity index (χ2n) is 11.2. The van der Waals surface area contributed by atoms with Crippen molar-refractivity contribution in [2.24, 2.45) is 0 Å². The molecule has 0 amide bonds. The van der Waals surface area contributed by atoms with Crippen molar-refractivity contribution in [3.8, 4) is 44.5 Å². The SMILES string of the molecule is [2H]c1c([2H])c([2H])c(-c2cccc3oc4cccc(-c5c6ccccc6c(-c6ccc(-c7ccccc7)cc6)c6ccccc56)c4c23)c([2H])c1[2H]. The molecular weight excluding hydrogens is 544 g/mol. The molecule has 0 unspecified atom stereocenters. The van der Waals surface area contributed by atoms with Crippen LogP contribution in [-0.2, 0) is 0 Å². The van der Waals surface area contributed by atoms with Crippen molar-refractivity contribution in [3.05, 3.63) is 170 Å². The number of hydrogen-bond acceptors (Lipinski definition) is 1. The number of benzene rings is 8. The molecular formula is C44H28O. The van der Waals surface area contributed by atoms with Gasteiger partial charge in [0.2, 0.25) is 0 Å². The molecule has 1 heteroatoms. The highest BCUT2D eigenvalue weighted by atomic mass is 16.3. The van der Waals surface area contributed by atoms with Crippen LogP contribution in [0.3, 0.4) is 0 Å². The molecule has 0 saturated carbocycles. The van der Waals surface area contributed by atoms with Crippen molar-refractivity contribution in [2.75, 3.05) is 0 Å². The van der Waals surface area contributed by atoms with Gasteiger partial charge in [0.05, 0.1) is 6.85 Å². The second-order valence-corrected chi connectivity index (χ2v) is 11.2. The van der Waals surface area contributed by atoms with Gasteiger partial charge in [0.15, 0.2) is 0 Å². The second kappa shape index (κ2) is 10.4. The van der Waals surface area contributed by atoms with Gasteiger partial charge in [-0.15, -0.1) is 0 Å². The van der Waals surface area contributed by atoms with Crippen molar-refractivity contribution in [1.29, 1.82) is 0 Å². The lowest BCUT2D eigenvalue weighted by Crippen LogP contribution is -1.91. The maximum atomic E-state index is 8.81. The quantitative estimate of drug-likeness (QED) is 0.190. The molecule has 0 saturated heterocycles. The molecule has 0 fully saturated rings. The van der Waals surface area contributed by atoms with Gasteiger partial charge in [0, 0.05) is 10.8 Å². The molecule has 210 valence electrons. The number of hydrogen-bond donors (Lipinski definition) is 0. The zero-order valence-corrected chi connectivity index (χ0v) is 24.2. The van der Waals surface area contributed by atoms with E-state index < -0.39 is 6.04 Å². The average molecular weight is 578 g/mol. The standard InChI is InChI=1S/C44H28O/c1-3-13-29(14-4-1)30-25-27-32(28-26-30)41-34-17-7-9-19-36(34)42(37-20-10-8-18-35(37)41)38-22-12-24-40-44(38)43-33(21-11-23-39(43)45-40)31-15-5-2-6-16-31/h1-28H/i2D,5D,6D,15D,16D. The van der Waals surface area contributed by atoms with Gasteiger partial charge < -0.3 is 4.42 Å². The molecule has 0 aliphatic heterocycles. The summed E-state index contributed by atoms with van der Waals surface area (Å²) in [4.78, 5) is 0. The van der Waals surface area contributed by atoms with Crippen LogP contribution in [0.5, 0.6) is 0 Å². The third-order valence-electron chi connectivity index (χ3n) is 8.77. The van der Waals surface area contributed by atoms with E-state index in [9.17, 15) is 0 Å². The molecule has 0 aliphatic rings. The van der Waals surface area contributed by atoms with Crippen LogP contribution in [0.15, 0.2) is 174 Å². The van der Waals surface area contributed by atoms with Crippen molar-refractivity contribution < 1.29 is 11.3 Å². The summed E-state index contributed by atoms with van der Waals surface area (Å²) in [5.41, 5.74) is 8.54. The van der Waals surface area contributed by atoms with Crippen LogP contribution >= 0.6 is 0 Å². The maximum Gasteiger partial charge on any atom is 0.136 e. The average Bonchev–Trinajstić information content (AvgIpc) is 3.56. The van der Waals surface area contributed by atoms with Crippen molar-refractivity contribution >= 4 is 43.5 Å². The predicted octanol–water partition coefficient (Wildman–Crippen LogP) is 12.6. The van der Waals surface area contributed by atoms with E-state index in [0.717, 1.165) is 54.7 Å². The minimum Gasteiger partial charge on any atom is -0.456 e. The molecule has 9 rings (SSSR count). The third kappa shape index (κ3) is 4.09. The molecule has 1 nitrogen and oxygen atoms in total. The number of fused-ring (bicyclic) bond motifs is 5. The Morgan fingerprint density at radius 2 is 0.844 bits per heavy atom. The summed E-state index contributed by atoms with van der Waals surface area (Å²) in [5.74, 6) is 0. The minimum atomic E-state index is -0.415. The fourth-order valence-corrected chi connectivity index (χ4v) is 6.86. The number of furan rings is 1. The summed E-state index contributed by atoms with van der Waals surface area (Å²) in [6, 6.07) is 46.0. The Bertz CT molecular complexity index is 2720. The lowest BCUT2D eigenvalue weighted by atomic mass is 9.84. The molecule has 0 aliphatic carbocycles. The van der Waals surface area contributed by atoms with Crippen molar-refractivity contribution in [3.63, 3.8) is 0 Å². The Morgan fingerprint density at radius 3 is 1.47 bits per heavy atom. The summed E-state index contributed by atoms with van der Waals surface area (Å²) in [6.45, 7) is 0. The molecule has 1 aromatic heterocycles. The first-order valence-corrected chi connectivity index (χ1v) is 15.0. The van der Waals surface area contributed by atoms with E-state index in [4.69, 9.17) is 11.3 Å². The zero-order valence-electron chi connectivity index (χ0n) is 29.2. The van der Waals surface area contributed by atoms with E-state index in [1.54, 1.807) is 0 Å². The van der Waals surface area contributed by atoms with Crippen LogP contribution in [0.1, 0.15) is 6.85 Å². The molecule has 0 bridgehead atoms. The Balaban J connectivity index is 1.36. The van der Waals surface area contributed by atoms with Crippen LogP contribution in [0.2, 0.25) is 0 Å². The van der Waals surface area contributed by atoms with Crippen molar-refractivity contribution in [1.82, 2.24) is 0 Å². The van der Waals surface area contributed by atoms with Crippen LogP contribution in [0.25, 0.3) is 88.0 Å². The summed E-state index contributed by atoms with van der Waals surface area (Å²) in [5, 5.41) is 5.94. The topological polar surface area (TPSA) is 13.1 Å². The Labute approximate surface area is 268 Å². The zero-order chi connectivity index (χ0) is 34.1. The highest BCUT2D eigenvalue weighted by Crippen LogP contribution is 2.48. The Hall–Kier alpha value is -5.92. The van der Waals surface area contributed by atoms with Gasteiger partial charge in [0.25, 0.3) is 0 Å². The molecule has 0 N–H and O–H groups in total. The summed E-state index contributed by atoms with van der Waals surface area (Å²) >= 11 is 0. The first kappa shape index (κ1) is 20.9.